The first-order chi connectivity index (χ1) is 16.1. The fourth-order valence-corrected chi connectivity index (χ4v) is 4.77. The molecular weight excluding hydrogens is 414 g/mol. The number of anilines is 1. The van der Waals surface area contributed by atoms with Gasteiger partial charge in [-0.3, -0.25) is 4.79 Å². The molecule has 1 aliphatic rings. The molecule has 2 aromatic carbocycles. The third kappa shape index (κ3) is 6.21. The number of rotatable bonds is 13. The predicted molar refractivity (Wildman–Crippen MR) is 134 cm³/mol. The summed E-state index contributed by atoms with van der Waals surface area (Å²) < 4.78 is 16.8. The van der Waals surface area contributed by atoms with E-state index in [0.29, 0.717) is 29.5 Å². The van der Waals surface area contributed by atoms with Gasteiger partial charge in [-0.2, -0.15) is 0 Å². The van der Waals surface area contributed by atoms with E-state index < -0.39 is 0 Å². The monoisotopic (exact) mass is 453 g/mol. The Hall–Kier alpha value is -2.69. The Morgan fingerprint density at radius 2 is 1.39 bits per heavy atom. The SMILES string of the molecule is CCCCCCCCCN(C(=O)C1Cc2ccccc2C1)c1c(OC)cc(OC)cc1OC. The minimum absolute atomic E-state index is 0.0662. The Labute approximate surface area is 199 Å². The molecule has 2 aromatic rings. The van der Waals surface area contributed by atoms with Gasteiger partial charge in [0.15, 0.2) is 0 Å². The summed E-state index contributed by atoms with van der Waals surface area (Å²) in [6.45, 7) is 2.89. The maximum absolute atomic E-state index is 13.9. The van der Waals surface area contributed by atoms with Crippen LogP contribution >= 0.6 is 0 Å². The second-order valence-corrected chi connectivity index (χ2v) is 8.87. The summed E-state index contributed by atoms with van der Waals surface area (Å²) in [6.07, 6.45) is 9.93. The highest BCUT2D eigenvalue weighted by Gasteiger charge is 2.33. The zero-order valence-electron chi connectivity index (χ0n) is 20.7. The van der Waals surface area contributed by atoms with Crippen LogP contribution in [0.2, 0.25) is 0 Å². The van der Waals surface area contributed by atoms with Gasteiger partial charge in [0, 0.05) is 24.6 Å². The van der Waals surface area contributed by atoms with Crippen LogP contribution in [0.4, 0.5) is 5.69 Å². The van der Waals surface area contributed by atoms with Gasteiger partial charge in [-0.1, -0.05) is 69.7 Å². The van der Waals surface area contributed by atoms with Crippen molar-refractivity contribution in [1.82, 2.24) is 0 Å². The van der Waals surface area contributed by atoms with Crippen molar-refractivity contribution < 1.29 is 19.0 Å². The van der Waals surface area contributed by atoms with Crippen LogP contribution in [0.15, 0.2) is 36.4 Å². The smallest absolute Gasteiger partial charge is 0.230 e. The first-order valence-electron chi connectivity index (χ1n) is 12.3. The van der Waals surface area contributed by atoms with Crippen LogP contribution in [0.25, 0.3) is 0 Å². The molecule has 180 valence electrons. The molecule has 0 unspecified atom stereocenters. The Morgan fingerprint density at radius 1 is 0.848 bits per heavy atom. The molecule has 0 saturated heterocycles. The normalized spacial score (nSPS) is 13.0. The Morgan fingerprint density at radius 3 is 1.91 bits per heavy atom. The zero-order valence-corrected chi connectivity index (χ0v) is 20.7. The van der Waals surface area contributed by atoms with E-state index in [1.165, 1.54) is 43.2 Å². The summed E-state index contributed by atoms with van der Waals surface area (Å²) in [5, 5.41) is 0. The average molecular weight is 454 g/mol. The molecule has 5 heteroatoms. The van der Waals surface area contributed by atoms with E-state index in [-0.39, 0.29) is 11.8 Å². The van der Waals surface area contributed by atoms with Crippen molar-refractivity contribution in [3.05, 3.63) is 47.5 Å². The molecule has 0 aliphatic heterocycles. The van der Waals surface area contributed by atoms with E-state index in [1.54, 1.807) is 21.3 Å². The van der Waals surface area contributed by atoms with E-state index >= 15 is 0 Å². The van der Waals surface area contributed by atoms with E-state index in [9.17, 15) is 4.79 Å². The molecule has 0 bridgehead atoms. The van der Waals surface area contributed by atoms with Gasteiger partial charge in [0.25, 0.3) is 0 Å². The second kappa shape index (κ2) is 12.5. The van der Waals surface area contributed by atoms with Crippen LogP contribution in [0.5, 0.6) is 17.2 Å². The summed E-state index contributed by atoms with van der Waals surface area (Å²) in [5.74, 6) is 1.91. The largest absolute Gasteiger partial charge is 0.496 e. The number of hydrogen-bond acceptors (Lipinski definition) is 4. The van der Waals surface area contributed by atoms with Gasteiger partial charge < -0.3 is 19.1 Å². The van der Waals surface area contributed by atoms with Gasteiger partial charge >= 0.3 is 0 Å². The second-order valence-electron chi connectivity index (χ2n) is 8.87. The standard InChI is InChI=1S/C28H39NO4/c1-5-6-7-8-9-10-13-16-29(27-25(32-3)19-24(31-2)20-26(27)33-4)28(30)23-17-21-14-11-12-15-22(21)18-23/h11-12,14-15,19-20,23H,5-10,13,16-18H2,1-4H3. The fraction of sp³-hybridized carbons (Fsp3) is 0.536. The summed E-state index contributed by atoms with van der Waals surface area (Å²) >= 11 is 0. The van der Waals surface area contributed by atoms with Crippen molar-refractivity contribution in [2.45, 2.75) is 64.7 Å². The summed E-state index contributed by atoms with van der Waals surface area (Å²) in [6, 6.07) is 12.0. The Kier molecular flexibility index (Phi) is 9.47. The maximum atomic E-state index is 13.9. The number of amides is 1. The topological polar surface area (TPSA) is 48.0 Å². The number of benzene rings is 2. The van der Waals surface area contributed by atoms with Crippen molar-refractivity contribution in [3.8, 4) is 17.2 Å². The van der Waals surface area contributed by atoms with Gasteiger partial charge in [0.2, 0.25) is 5.91 Å². The molecule has 3 rings (SSSR count). The zero-order chi connectivity index (χ0) is 23.6. The number of methoxy groups -OCH3 is 3. The number of fused-ring (bicyclic) bond motifs is 1. The molecule has 0 heterocycles. The third-order valence-electron chi connectivity index (χ3n) is 6.61. The lowest BCUT2D eigenvalue weighted by Crippen LogP contribution is -2.38. The van der Waals surface area contributed by atoms with Crippen LogP contribution in [0.3, 0.4) is 0 Å². The summed E-state index contributed by atoms with van der Waals surface area (Å²) in [7, 11) is 4.87. The van der Waals surface area contributed by atoms with Crippen molar-refractivity contribution in [3.63, 3.8) is 0 Å². The van der Waals surface area contributed by atoms with E-state index in [4.69, 9.17) is 14.2 Å². The molecule has 33 heavy (non-hydrogen) atoms. The van der Waals surface area contributed by atoms with Crippen LogP contribution in [0.1, 0.15) is 63.0 Å². The summed E-state index contributed by atoms with van der Waals surface area (Å²) in [5.41, 5.74) is 3.26. The van der Waals surface area contributed by atoms with Crippen molar-refractivity contribution in [1.29, 1.82) is 0 Å². The molecule has 0 atom stereocenters. The van der Waals surface area contributed by atoms with E-state index in [2.05, 4.69) is 31.2 Å². The van der Waals surface area contributed by atoms with E-state index in [1.807, 2.05) is 17.0 Å². The van der Waals surface area contributed by atoms with Crippen LogP contribution in [0, 0.1) is 5.92 Å². The molecule has 0 saturated carbocycles. The highest BCUT2D eigenvalue weighted by Crippen LogP contribution is 2.43. The Bertz CT molecular complexity index is 861. The van der Waals surface area contributed by atoms with Crippen LogP contribution in [-0.2, 0) is 17.6 Å². The van der Waals surface area contributed by atoms with Crippen molar-refractivity contribution in [2.24, 2.45) is 5.92 Å². The molecule has 0 aromatic heterocycles. The average Bonchev–Trinajstić information content (AvgIpc) is 3.29. The van der Waals surface area contributed by atoms with Crippen LogP contribution in [-0.4, -0.2) is 33.8 Å². The van der Waals surface area contributed by atoms with Gasteiger partial charge in [-0.25, -0.2) is 0 Å². The number of hydrogen-bond donors (Lipinski definition) is 0. The third-order valence-corrected chi connectivity index (χ3v) is 6.61. The number of nitrogens with zero attached hydrogens (tertiary/aromatic N) is 1. The first-order valence-corrected chi connectivity index (χ1v) is 12.3. The quantitative estimate of drug-likeness (QED) is 0.338. The van der Waals surface area contributed by atoms with Gasteiger partial charge in [-0.05, 0) is 30.4 Å². The molecule has 1 amide bonds. The number of unbranched alkanes of at least 4 members (excludes halogenated alkanes) is 6. The molecule has 0 radical (unpaired) electrons. The lowest BCUT2D eigenvalue weighted by Gasteiger charge is -2.29. The number of ether oxygens (including phenoxy) is 3. The molecule has 1 aliphatic carbocycles. The lowest BCUT2D eigenvalue weighted by molar-refractivity contribution is -0.122. The predicted octanol–water partition coefficient (Wildman–Crippen LogP) is 6.21. The number of carbonyl (C=O) groups is 1. The van der Waals surface area contributed by atoms with E-state index in [0.717, 1.165) is 25.7 Å². The molecular formula is C28H39NO4. The highest BCUT2D eigenvalue weighted by molar-refractivity contribution is 5.99. The molecule has 0 N–H and O–H groups in total. The molecule has 0 spiro atoms. The minimum Gasteiger partial charge on any atom is -0.496 e. The van der Waals surface area contributed by atoms with Crippen molar-refractivity contribution in [2.75, 3.05) is 32.8 Å². The lowest BCUT2D eigenvalue weighted by atomic mass is 10.0. The first kappa shape index (κ1) is 24.9. The molecule has 5 nitrogen and oxygen atoms in total. The fourth-order valence-electron chi connectivity index (χ4n) is 4.77. The van der Waals surface area contributed by atoms with Gasteiger partial charge in [0.05, 0.1) is 21.3 Å². The van der Waals surface area contributed by atoms with Crippen LogP contribution < -0.4 is 19.1 Å². The van der Waals surface area contributed by atoms with Crippen molar-refractivity contribution >= 4 is 11.6 Å². The number of carbonyl (C=O) groups excluding carboxylic acids is 1. The Balaban J connectivity index is 1.82. The molecule has 0 fully saturated rings. The summed E-state index contributed by atoms with van der Waals surface area (Å²) in [4.78, 5) is 15.8. The van der Waals surface area contributed by atoms with Gasteiger partial charge in [-0.15, -0.1) is 0 Å². The highest BCUT2D eigenvalue weighted by atomic mass is 16.5. The maximum Gasteiger partial charge on any atom is 0.230 e. The van der Waals surface area contributed by atoms with Gasteiger partial charge in [0.1, 0.15) is 22.9 Å². The minimum atomic E-state index is -0.0662.